The van der Waals surface area contributed by atoms with Crippen LogP contribution in [0.15, 0.2) is 66.7 Å². The molecular formula is C28H31N5O2S. The second kappa shape index (κ2) is 12.3. The molecule has 1 heterocycles. The molecule has 0 unspecified atom stereocenters. The molecule has 0 bridgehead atoms. The molecule has 3 aromatic carbocycles. The van der Waals surface area contributed by atoms with Gasteiger partial charge in [0, 0.05) is 11.3 Å². The quantitative estimate of drug-likeness (QED) is 0.203. The molecule has 4 rings (SSSR count). The first-order valence-corrected chi connectivity index (χ1v) is 12.8. The number of hydrogen-bond acceptors (Lipinski definition) is 5. The van der Waals surface area contributed by atoms with Gasteiger partial charge in [-0.25, -0.2) is 0 Å². The van der Waals surface area contributed by atoms with Crippen LogP contribution < -0.4 is 15.4 Å². The second-order valence-electron chi connectivity index (χ2n) is 8.60. The maximum atomic E-state index is 12.7. The first kappa shape index (κ1) is 25.3. The Kier molecular flexibility index (Phi) is 8.62. The van der Waals surface area contributed by atoms with Gasteiger partial charge >= 0.3 is 0 Å². The summed E-state index contributed by atoms with van der Waals surface area (Å²) in [4.78, 5) is 14.3. The Labute approximate surface area is 216 Å². The number of hydrogen-bond donors (Lipinski definition) is 2. The number of rotatable bonds is 10. The molecule has 4 aromatic rings. The van der Waals surface area contributed by atoms with Gasteiger partial charge in [-0.1, -0.05) is 44.9 Å². The van der Waals surface area contributed by atoms with Crippen LogP contribution in [0.1, 0.15) is 55.5 Å². The number of aryl methyl sites for hydroxylation is 1. The van der Waals surface area contributed by atoms with E-state index in [-0.39, 0.29) is 11.0 Å². The highest BCUT2D eigenvalue weighted by Gasteiger charge is 2.11. The minimum absolute atomic E-state index is 0.201. The van der Waals surface area contributed by atoms with Crippen molar-refractivity contribution in [1.29, 1.82) is 0 Å². The minimum Gasteiger partial charge on any atom is -0.494 e. The predicted molar refractivity (Wildman–Crippen MR) is 148 cm³/mol. The molecule has 7 nitrogen and oxygen atoms in total. The molecule has 0 aliphatic carbocycles. The van der Waals surface area contributed by atoms with E-state index in [2.05, 4.69) is 46.8 Å². The lowest BCUT2D eigenvalue weighted by Gasteiger charge is -2.10. The van der Waals surface area contributed by atoms with Crippen molar-refractivity contribution in [1.82, 2.24) is 20.3 Å². The maximum Gasteiger partial charge on any atom is 0.257 e. The summed E-state index contributed by atoms with van der Waals surface area (Å²) in [6.07, 6.45) is 5.46. The van der Waals surface area contributed by atoms with E-state index in [4.69, 9.17) is 17.0 Å². The molecule has 0 spiro atoms. The third-order valence-corrected chi connectivity index (χ3v) is 5.92. The number of carbonyl (C=O) groups excluding carboxylic acids is 1. The fourth-order valence-corrected chi connectivity index (χ4v) is 3.89. The van der Waals surface area contributed by atoms with Crippen LogP contribution in [0.3, 0.4) is 0 Å². The van der Waals surface area contributed by atoms with Crippen molar-refractivity contribution in [3.8, 4) is 11.4 Å². The molecule has 1 aromatic heterocycles. The van der Waals surface area contributed by atoms with Gasteiger partial charge in [0.15, 0.2) is 5.11 Å². The maximum absolute atomic E-state index is 12.7. The first-order chi connectivity index (χ1) is 17.6. The molecule has 1 amide bonds. The standard InChI is InChI=1S/C28H31N5O2S/c1-3-5-8-20-11-14-23(15-12-20)33-31-25-16-13-22(19-26(25)32-33)29-28(36)30-27(34)21-9-7-10-24(18-21)35-17-6-4-2/h7,9-16,18-19H,3-6,8,17H2,1-2H3,(H2,29,30,34,36). The van der Waals surface area contributed by atoms with Crippen molar-refractivity contribution in [3.63, 3.8) is 0 Å². The SMILES string of the molecule is CCCCOc1cccc(C(=O)NC(=S)Nc2ccc3nn(-c4ccc(CCCC)cc4)nc3c2)c1. The largest absolute Gasteiger partial charge is 0.494 e. The molecular weight excluding hydrogens is 470 g/mol. The van der Waals surface area contributed by atoms with E-state index in [0.717, 1.165) is 36.0 Å². The molecule has 0 fully saturated rings. The molecule has 0 aliphatic rings. The van der Waals surface area contributed by atoms with Crippen molar-refractivity contribution >= 4 is 40.0 Å². The van der Waals surface area contributed by atoms with Crippen molar-refractivity contribution in [2.75, 3.05) is 11.9 Å². The van der Waals surface area contributed by atoms with Crippen molar-refractivity contribution in [2.24, 2.45) is 0 Å². The Morgan fingerprint density at radius 3 is 2.50 bits per heavy atom. The Bertz CT molecular complexity index is 1330. The predicted octanol–water partition coefficient (Wildman–Crippen LogP) is 6.07. The number of nitrogens with one attached hydrogen (secondary N) is 2. The topological polar surface area (TPSA) is 81.1 Å². The molecule has 0 saturated heterocycles. The molecule has 0 atom stereocenters. The molecule has 36 heavy (non-hydrogen) atoms. The third-order valence-electron chi connectivity index (χ3n) is 5.71. The average Bonchev–Trinajstić information content (AvgIpc) is 3.31. The summed E-state index contributed by atoms with van der Waals surface area (Å²) >= 11 is 5.36. The van der Waals surface area contributed by atoms with Gasteiger partial charge in [0.2, 0.25) is 0 Å². The van der Waals surface area contributed by atoms with E-state index in [9.17, 15) is 4.79 Å². The summed E-state index contributed by atoms with van der Waals surface area (Å²) in [6.45, 7) is 4.92. The lowest BCUT2D eigenvalue weighted by Crippen LogP contribution is -2.34. The summed E-state index contributed by atoms with van der Waals surface area (Å²) in [5.41, 5.74) is 4.91. The van der Waals surface area contributed by atoms with Gasteiger partial charge in [0.1, 0.15) is 16.8 Å². The highest BCUT2D eigenvalue weighted by molar-refractivity contribution is 7.80. The van der Waals surface area contributed by atoms with Gasteiger partial charge < -0.3 is 10.1 Å². The highest BCUT2D eigenvalue weighted by Crippen LogP contribution is 2.19. The van der Waals surface area contributed by atoms with E-state index >= 15 is 0 Å². The Hall–Kier alpha value is -3.78. The number of amides is 1. The normalized spacial score (nSPS) is 10.8. The van der Waals surface area contributed by atoms with E-state index in [1.165, 1.54) is 18.4 Å². The summed E-state index contributed by atoms with van der Waals surface area (Å²) < 4.78 is 5.69. The van der Waals surface area contributed by atoms with Gasteiger partial charge in [-0.2, -0.15) is 4.80 Å². The molecule has 2 N–H and O–H groups in total. The van der Waals surface area contributed by atoms with E-state index in [1.807, 2.05) is 36.4 Å². The van der Waals surface area contributed by atoms with Crippen LogP contribution in [0.2, 0.25) is 0 Å². The van der Waals surface area contributed by atoms with E-state index < -0.39 is 0 Å². The van der Waals surface area contributed by atoms with Crippen LogP contribution in [0, 0.1) is 0 Å². The van der Waals surface area contributed by atoms with Crippen LogP contribution in [-0.2, 0) is 6.42 Å². The number of aromatic nitrogens is 3. The fraction of sp³-hybridized carbons (Fsp3) is 0.286. The number of fused-ring (bicyclic) bond motifs is 1. The Balaban J connectivity index is 1.38. The Morgan fingerprint density at radius 2 is 1.72 bits per heavy atom. The summed E-state index contributed by atoms with van der Waals surface area (Å²) in [5.74, 6) is 0.363. The fourth-order valence-electron chi connectivity index (χ4n) is 3.68. The van der Waals surface area contributed by atoms with Gasteiger partial charge in [-0.05, 0) is 85.6 Å². The van der Waals surface area contributed by atoms with Crippen molar-refractivity contribution in [3.05, 3.63) is 77.9 Å². The van der Waals surface area contributed by atoms with Gasteiger partial charge in [-0.3, -0.25) is 10.1 Å². The van der Waals surface area contributed by atoms with E-state index in [0.29, 0.717) is 23.6 Å². The lowest BCUT2D eigenvalue weighted by atomic mass is 10.1. The van der Waals surface area contributed by atoms with Gasteiger partial charge in [0.05, 0.1) is 12.3 Å². The van der Waals surface area contributed by atoms with Gasteiger partial charge in [0.25, 0.3) is 5.91 Å². The molecule has 8 heteroatoms. The number of thiocarbonyl (C=S) groups is 1. The summed E-state index contributed by atoms with van der Waals surface area (Å²) in [7, 11) is 0. The first-order valence-electron chi connectivity index (χ1n) is 12.4. The third kappa shape index (κ3) is 6.66. The minimum atomic E-state index is -0.303. The average molecular weight is 502 g/mol. The van der Waals surface area contributed by atoms with Crippen molar-refractivity contribution < 1.29 is 9.53 Å². The molecule has 186 valence electrons. The number of unbranched alkanes of at least 4 members (excludes halogenated alkanes) is 2. The number of carbonyl (C=O) groups is 1. The zero-order valence-corrected chi connectivity index (χ0v) is 21.5. The number of anilines is 1. The summed E-state index contributed by atoms with van der Waals surface area (Å²) in [6, 6.07) is 21.0. The second-order valence-corrected chi connectivity index (χ2v) is 9.01. The number of benzene rings is 3. The molecule has 0 saturated carbocycles. The lowest BCUT2D eigenvalue weighted by molar-refractivity contribution is 0.0977. The van der Waals surface area contributed by atoms with Crippen LogP contribution in [0.5, 0.6) is 5.75 Å². The summed E-state index contributed by atoms with van der Waals surface area (Å²) in [5, 5.41) is 15.2. The van der Waals surface area contributed by atoms with Crippen LogP contribution in [-0.4, -0.2) is 32.6 Å². The zero-order chi connectivity index (χ0) is 25.3. The number of nitrogens with zero attached hydrogens (tertiary/aromatic N) is 3. The van der Waals surface area contributed by atoms with Gasteiger partial charge in [-0.15, -0.1) is 10.2 Å². The molecule has 0 radical (unpaired) electrons. The smallest absolute Gasteiger partial charge is 0.257 e. The Morgan fingerprint density at radius 1 is 0.944 bits per heavy atom. The monoisotopic (exact) mass is 501 g/mol. The van der Waals surface area contributed by atoms with E-state index in [1.54, 1.807) is 23.0 Å². The number of ether oxygens (including phenoxy) is 1. The molecule has 0 aliphatic heterocycles. The van der Waals surface area contributed by atoms with Crippen LogP contribution in [0.25, 0.3) is 16.7 Å². The van der Waals surface area contributed by atoms with Crippen molar-refractivity contribution in [2.45, 2.75) is 46.0 Å². The zero-order valence-electron chi connectivity index (χ0n) is 20.7. The highest BCUT2D eigenvalue weighted by atomic mass is 32.1. The van der Waals surface area contributed by atoms with Crippen LogP contribution in [0.4, 0.5) is 5.69 Å². The van der Waals surface area contributed by atoms with Crippen LogP contribution >= 0.6 is 12.2 Å².